The van der Waals surface area contributed by atoms with E-state index in [9.17, 15) is 18.4 Å². The normalized spacial score (nSPS) is 19.0. The van der Waals surface area contributed by atoms with Gasteiger partial charge in [-0.25, -0.2) is 23.5 Å². The number of ether oxygens (including phenoxy) is 1. The summed E-state index contributed by atoms with van der Waals surface area (Å²) >= 11 is 7.13. The van der Waals surface area contributed by atoms with Gasteiger partial charge in [0.1, 0.15) is 23.1 Å². The van der Waals surface area contributed by atoms with Crippen molar-refractivity contribution in [3.8, 4) is 10.6 Å². The number of fused-ring (bicyclic) bond motifs is 2. The Morgan fingerprint density at radius 3 is 2.74 bits per heavy atom. The third kappa shape index (κ3) is 4.96. The molecule has 2 aliphatic heterocycles. The summed E-state index contributed by atoms with van der Waals surface area (Å²) in [6.45, 7) is 2.98. The van der Waals surface area contributed by atoms with Crippen LogP contribution >= 0.6 is 22.9 Å². The number of carbonyl (C=O) groups is 1. The Balaban J connectivity index is 1.41. The number of piperidine rings is 1. The largest absolute Gasteiger partial charge is 0.447 e. The first-order valence-corrected chi connectivity index (χ1v) is 13.8. The standard InChI is InChI=1S/C27H24ClF2N5O3S/c1-14-31-22-9-19(25-33-23(13-39-25)24(29)30)21(32-17-6-7-34-18(8-17)12-38-27(34)37)10-20(22)26(36)35(14)11-15-2-4-16(28)5-3-15/h2-5,9-10,13,17-18,24,32H,6-8,11-12H2,1H3/t17-,18-/m0/s1. The minimum absolute atomic E-state index is 0.0128. The third-order valence-electron chi connectivity index (χ3n) is 7.22. The van der Waals surface area contributed by atoms with Crippen LogP contribution in [0, 0.1) is 6.92 Å². The van der Waals surface area contributed by atoms with Crippen molar-refractivity contribution < 1.29 is 18.3 Å². The number of thiazole rings is 1. The van der Waals surface area contributed by atoms with E-state index in [1.807, 2.05) is 12.1 Å². The lowest BCUT2D eigenvalue weighted by molar-refractivity contribution is 0.147. The summed E-state index contributed by atoms with van der Waals surface area (Å²) in [6, 6.07) is 10.7. The summed E-state index contributed by atoms with van der Waals surface area (Å²) in [6.07, 6.45) is -1.64. The van der Waals surface area contributed by atoms with E-state index in [-0.39, 0.29) is 29.4 Å². The fourth-order valence-electron chi connectivity index (χ4n) is 5.19. The van der Waals surface area contributed by atoms with Crippen molar-refractivity contribution in [2.24, 2.45) is 0 Å². The second-order valence-corrected chi connectivity index (χ2v) is 11.1. The molecular formula is C27H24ClF2N5O3S. The Morgan fingerprint density at radius 2 is 2.00 bits per heavy atom. The molecule has 6 rings (SSSR count). The van der Waals surface area contributed by atoms with Crippen molar-refractivity contribution in [1.82, 2.24) is 19.4 Å². The molecule has 0 saturated carbocycles. The maximum atomic E-state index is 13.7. The average Bonchev–Trinajstić information content (AvgIpc) is 3.55. The van der Waals surface area contributed by atoms with Crippen molar-refractivity contribution in [2.75, 3.05) is 18.5 Å². The van der Waals surface area contributed by atoms with Gasteiger partial charge in [0.2, 0.25) is 0 Å². The summed E-state index contributed by atoms with van der Waals surface area (Å²) in [5.41, 5.74) is 2.08. The highest BCUT2D eigenvalue weighted by atomic mass is 35.5. The number of halogens is 3. The van der Waals surface area contributed by atoms with Crippen molar-refractivity contribution in [1.29, 1.82) is 0 Å². The van der Waals surface area contributed by atoms with Gasteiger partial charge in [-0.1, -0.05) is 23.7 Å². The van der Waals surface area contributed by atoms with Crippen LogP contribution in [0.1, 0.15) is 36.3 Å². The predicted molar refractivity (Wildman–Crippen MR) is 146 cm³/mol. The molecule has 8 nitrogen and oxygen atoms in total. The zero-order valence-electron chi connectivity index (χ0n) is 20.9. The molecule has 4 heterocycles. The van der Waals surface area contributed by atoms with Crippen LogP contribution in [0.25, 0.3) is 21.5 Å². The number of nitrogens with one attached hydrogen (secondary N) is 1. The Hall–Kier alpha value is -3.57. The molecule has 12 heteroatoms. The number of alkyl halides is 2. The molecule has 2 aliphatic rings. The van der Waals surface area contributed by atoms with E-state index >= 15 is 0 Å². The molecule has 2 saturated heterocycles. The van der Waals surface area contributed by atoms with Crippen LogP contribution in [0.15, 0.2) is 46.6 Å². The molecule has 0 radical (unpaired) electrons. The van der Waals surface area contributed by atoms with Crippen LogP contribution in [0.4, 0.5) is 19.3 Å². The van der Waals surface area contributed by atoms with Gasteiger partial charge < -0.3 is 15.0 Å². The number of carbonyl (C=O) groups excluding carboxylic acids is 1. The predicted octanol–water partition coefficient (Wildman–Crippen LogP) is 5.86. The Bertz CT molecular complexity index is 1620. The summed E-state index contributed by atoms with van der Waals surface area (Å²) in [4.78, 5) is 36.2. The second-order valence-electron chi connectivity index (χ2n) is 9.76. The highest BCUT2D eigenvalue weighted by Gasteiger charge is 2.38. The molecule has 1 N–H and O–H groups in total. The first kappa shape index (κ1) is 25.7. The lowest BCUT2D eigenvalue weighted by Crippen LogP contribution is -2.45. The molecule has 0 spiro atoms. The molecule has 2 fully saturated rings. The topological polar surface area (TPSA) is 89.4 Å². The maximum absolute atomic E-state index is 13.7. The number of aromatic nitrogens is 3. The first-order valence-electron chi connectivity index (χ1n) is 12.5. The SMILES string of the molecule is Cc1nc2cc(-c3nc(C(F)F)cs3)c(N[C@H]3CCN4C(=O)OC[C@@H]4C3)cc2c(=O)n1Cc1ccc(Cl)cc1. The molecule has 39 heavy (non-hydrogen) atoms. The molecule has 0 bridgehead atoms. The number of hydrogen-bond acceptors (Lipinski definition) is 7. The number of hydrogen-bond donors (Lipinski definition) is 1. The number of benzene rings is 2. The van der Waals surface area contributed by atoms with Gasteiger partial charge >= 0.3 is 6.09 Å². The van der Waals surface area contributed by atoms with Crippen LogP contribution in [0.2, 0.25) is 5.02 Å². The Morgan fingerprint density at radius 1 is 1.21 bits per heavy atom. The van der Waals surface area contributed by atoms with Crippen molar-refractivity contribution in [3.05, 3.63) is 74.2 Å². The van der Waals surface area contributed by atoms with Crippen LogP contribution in [0.5, 0.6) is 0 Å². The average molecular weight is 572 g/mol. The van der Waals surface area contributed by atoms with Crippen LogP contribution in [-0.2, 0) is 11.3 Å². The van der Waals surface area contributed by atoms with Crippen LogP contribution < -0.4 is 10.9 Å². The summed E-state index contributed by atoms with van der Waals surface area (Å²) in [7, 11) is 0. The Labute approximate surface area is 231 Å². The number of nitrogens with zero attached hydrogens (tertiary/aromatic N) is 4. The van der Waals surface area contributed by atoms with E-state index < -0.39 is 6.43 Å². The van der Waals surface area contributed by atoms with Crippen molar-refractivity contribution in [3.63, 3.8) is 0 Å². The number of amides is 1. The molecule has 0 unspecified atom stereocenters. The number of rotatable bonds is 6. The number of anilines is 1. The van der Waals surface area contributed by atoms with Gasteiger partial charge in [0.25, 0.3) is 12.0 Å². The summed E-state index contributed by atoms with van der Waals surface area (Å²) in [5, 5.41) is 6.29. The van der Waals surface area contributed by atoms with E-state index in [4.69, 9.17) is 21.3 Å². The van der Waals surface area contributed by atoms with E-state index in [1.54, 1.807) is 40.7 Å². The van der Waals surface area contributed by atoms with Crippen LogP contribution in [-0.4, -0.2) is 50.8 Å². The molecule has 4 aromatic rings. The molecule has 2 aromatic heterocycles. The highest BCUT2D eigenvalue weighted by molar-refractivity contribution is 7.13. The lowest BCUT2D eigenvalue weighted by atomic mass is 9.97. The fourth-order valence-corrected chi connectivity index (χ4v) is 6.16. The van der Waals surface area contributed by atoms with E-state index in [0.717, 1.165) is 16.9 Å². The molecule has 202 valence electrons. The number of aryl methyl sites for hydroxylation is 1. The smallest absolute Gasteiger partial charge is 0.410 e. The van der Waals surface area contributed by atoms with Gasteiger partial charge in [-0.05, 0) is 49.6 Å². The molecule has 1 amide bonds. The highest BCUT2D eigenvalue weighted by Crippen LogP contribution is 2.37. The first-order chi connectivity index (χ1) is 18.8. The van der Waals surface area contributed by atoms with Gasteiger partial charge in [0.15, 0.2) is 0 Å². The van der Waals surface area contributed by atoms with Gasteiger partial charge in [0.05, 0.1) is 23.5 Å². The van der Waals surface area contributed by atoms with Crippen molar-refractivity contribution >= 4 is 45.6 Å². The van der Waals surface area contributed by atoms with E-state index in [0.29, 0.717) is 70.5 Å². The van der Waals surface area contributed by atoms with E-state index in [1.165, 1.54) is 5.38 Å². The monoisotopic (exact) mass is 571 g/mol. The second kappa shape index (κ2) is 10.2. The minimum Gasteiger partial charge on any atom is -0.447 e. The third-order valence-corrected chi connectivity index (χ3v) is 8.37. The minimum atomic E-state index is -2.68. The van der Waals surface area contributed by atoms with Crippen molar-refractivity contribution in [2.45, 2.75) is 44.8 Å². The maximum Gasteiger partial charge on any atom is 0.410 e. The van der Waals surface area contributed by atoms with Gasteiger partial charge in [-0.2, -0.15) is 0 Å². The molecule has 2 aromatic carbocycles. The Kier molecular flexibility index (Phi) is 6.72. The quantitative estimate of drug-likeness (QED) is 0.312. The molecular weight excluding hydrogens is 548 g/mol. The fraction of sp³-hybridized carbons (Fsp3) is 0.333. The van der Waals surface area contributed by atoms with Gasteiger partial charge in [-0.3, -0.25) is 9.36 Å². The summed E-state index contributed by atoms with van der Waals surface area (Å²) in [5.74, 6) is 0.528. The van der Waals surface area contributed by atoms with Gasteiger partial charge in [-0.15, -0.1) is 11.3 Å². The number of cyclic esters (lactones) is 1. The van der Waals surface area contributed by atoms with Gasteiger partial charge in [0, 0.05) is 34.2 Å². The zero-order valence-corrected chi connectivity index (χ0v) is 22.4. The molecule has 2 atom stereocenters. The molecule has 0 aliphatic carbocycles. The van der Waals surface area contributed by atoms with Crippen LogP contribution in [0.3, 0.4) is 0 Å². The summed E-state index contributed by atoms with van der Waals surface area (Å²) < 4.78 is 33.5. The van der Waals surface area contributed by atoms with E-state index in [2.05, 4.69) is 10.3 Å². The zero-order chi connectivity index (χ0) is 27.3. The lowest BCUT2D eigenvalue weighted by Gasteiger charge is -2.33.